The molecule has 1 amide bonds. The van der Waals surface area contributed by atoms with E-state index in [2.05, 4.69) is 10.3 Å². The van der Waals surface area contributed by atoms with Crippen molar-refractivity contribution in [2.24, 2.45) is 0 Å². The van der Waals surface area contributed by atoms with Gasteiger partial charge < -0.3 is 14.7 Å². The Bertz CT molecular complexity index is 909. The summed E-state index contributed by atoms with van der Waals surface area (Å²) in [5.41, 5.74) is 4.58. The van der Waals surface area contributed by atoms with E-state index in [0.29, 0.717) is 12.1 Å². The lowest BCUT2D eigenvalue weighted by atomic mass is 9.95. The number of amides is 1. The standard InChI is InChI=1S/C21H25N3O2/c1-24(2)19(20-8-5-11-26-20)13-22-21(25)14-9-10-18-16(12-14)15-6-3-4-7-17(15)23-18/h5,8-12,19,23H,3-4,6-7,13H2,1-2H3,(H,22,25)/t19-/m1/s1. The fraction of sp³-hybridized carbons (Fsp3) is 0.381. The predicted molar refractivity (Wildman–Crippen MR) is 102 cm³/mol. The minimum Gasteiger partial charge on any atom is -0.468 e. The third-order valence-electron chi connectivity index (χ3n) is 5.31. The number of rotatable bonds is 5. The number of nitrogens with one attached hydrogen (secondary N) is 2. The Balaban J connectivity index is 1.52. The average Bonchev–Trinajstić information content (AvgIpc) is 3.28. The van der Waals surface area contributed by atoms with Crippen LogP contribution in [0, 0.1) is 0 Å². The number of benzene rings is 1. The number of likely N-dealkylation sites (N-methyl/N-ethyl adjacent to an activating group) is 1. The number of H-pyrrole nitrogens is 1. The third kappa shape index (κ3) is 3.15. The van der Waals surface area contributed by atoms with E-state index in [0.717, 1.165) is 24.1 Å². The van der Waals surface area contributed by atoms with Crippen molar-refractivity contribution in [3.05, 3.63) is 59.2 Å². The molecule has 0 spiro atoms. The lowest BCUT2D eigenvalue weighted by Gasteiger charge is -2.22. The minimum atomic E-state index is -0.0453. The molecule has 3 aromatic rings. The van der Waals surface area contributed by atoms with Gasteiger partial charge in [0.05, 0.1) is 12.3 Å². The highest BCUT2D eigenvalue weighted by Crippen LogP contribution is 2.29. The fourth-order valence-electron chi connectivity index (χ4n) is 3.86. The number of aromatic amines is 1. The highest BCUT2D eigenvalue weighted by Gasteiger charge is 2.20. The van der Waals surface area contributed by atoms with Crippen LogP contribution in [0.15, 0.2) is 41.0 Å². The summed E-state index contributed by atoms with van der Waals surface area (Å²) >= 11 is 0. The zero-order valence-electron chi connectivity index (χ0n) is 15.3. The molecule has 5 nitrogen and oxygen atoms in total. The molecule has 136 valence electrons. The monoisotopic (exact) mass is 351 g/mol. The number of aromatic nitrogens is 1. The summed E-state index contributed by atoms with van der Waals surface area (Å²) in [6.45, 7) is 0.503. The Hall–Kier alpha value is -2.53. The first-order valence-corrected chi connectivity index (χ1v) is 9.25. The van der Waals surface area contributed by atoms with Crippen LogP contribution in [-0.4, -0.2) is 36.4 Å². The number of fused-ring (bicyclic) bond motifs is 3. The first-order valence-electron chi connectivity index (χ1n) is 9.25. The zero-order valence-corrected chi connectivity index (χ0v) is 15.3. The molecule has 1 atom stereocenters. The Kier molecular flexibility index (Phi) is 4.55. The van der Waals surface area contributed by atoms with Crippen LogP contribution in [0.3, 0.4) is 0 Å². The third-order valence-corrected chi connectivity index (χ3v) is 5.31. The van der Waals surface area contributed by atoms with Crippen molar-refractivity contribution in [3.8, 4) is 0 Å². The van der Waals surface area contributed by atoms with Gasteiger partial charge in [-0.05, 0) is 75.7 Å². The molecule has 2 heterocycles. The maximum atomic E-state index is 12.7. The van der Waals surface area contributed by atoms with Crippen molar-refractivity contribution in [2.75, 3.05) is 20.6 Å². The van der Waals surface area contributed by atoms with E-state index >= 15 is 0 Å². The highest BCUT2D eigenvalue weighted by molar-refractivity contribution is 5.99. The molecule has 0 aliphatic heterocycles. The van der Waals surface area contributed by atoms with Crippen LogP contribution in [0.4, 0.5) is 0 Å². The van der Waals surface area contributed by atoms with Gasteiger partial charge >= 0.3 is 0 Å². The molecule has 4 rings (SSSR count). The maximum absolute atomic E-state index is 12.7. The number of carbonyl (C=O) groups is 1. The molecule has 0 radical (unpaired) electrons. The van der Waals surface area contributed by atoms with Gasteiger partial charge in [0, 0.05) is 28.7 Å². The first-order chi connectivity index (χ1) is 12.6. The van der Waals surface area contributed by atoms with Crippen LogP contribution in [0.5, 0.6) is 0 Å². The van der Waals surface area contributed by atoms with Gasteiger partial charge in [-0.25, -0.2) is 0 Å². The summed E-state index contributed by atoms with van der Waals surface area (Å²) < 4.78 is 5.51. The number of furan rings is 1. The largest absolute Gasteiger partial charge is 0.468 e. The summed E-state index contributed by atoms with van der Waals surface area (Å²) in [7, 11) is 3.97. The second-order valence-electron chi connectivity index (χ2n) is 7.25. The smallest absolute Gasteiger partial charge is 0.251 e. The van der Waals surface area contributed by atoms with Gasteiger partial charge in [-0.1, -0.05) is 0 Å². The van der Waals surface area contributed by atoms with E-state index in [9.17, 15) is 4.79 Å². The second-order valence-corrected chi connectivity index (χ2v) is 7.25. The molecule has 2 N–H and O–H groups in total. The first kappa shape index (κ1) is 16.9. The molecular formula is C21H25N3O2. The van der Waals surface area contributed by atoms with Crippen molar-refractivity contribution in [1.29, 1.82) is 0 Å². The van der Waals surface area contributed by atoms with E-state index in [1.165, 1.54) is 29.5 Å². The van der Waals surface area contributed by atoms with Gasteiger partial charge in [0.2, 0.25) is 0 Å². The molecule has 2 aromatic heterocycles. The molecule has 26 heavy (non-hydrogen) atoms. The quantitative estimate of drug-likeness (QED) is 0.737. The fourth-order valence-corrected chi connectivity index (χ4v) is 3.86. The number of carbonyl (C=O) groups excluding carboxylic acids is 1. The minimum absolute atomic E-state index is 0.0118. The molecule has 0 fully saturated rings. The molecule has 0 unspecified atom stereocenters. The number of hydrogen-bond acceptors (Lipinski definition) is 3. The second kappa shape index (κ2) is 7.00. The molecule has 1 aromatic carbocycles. The summed E-state index contributed by atoms with van der Waals surface area (Å²) in [6.07, 6.45) is 6.34. The molecule has 0 saturated carbocycles. The highest BCUT2D eigenvalue weighted by atomic mass is 16.3. The van der Waals surface area contributed by atoms with E-state index in [1.54, 1.807) is 6.26 Å². The van der Waals surface area contributed by atoms with E-state index in [-0.39, 0.29) is 11.9 Å². The molecule has 1 aliphatic rings. The van der Waals surface area contributed by atoms with E-state index in [4.69, 9.17) is 4.42 Å². The Morgan fingerprint density at radius 1 is 1.27 bits per heavy atom. The van der Waals surface area contributed by atoms with Gasteiger partial charge in [0.15, 0.2) is 0 Å². The zero-order chi connectivity index (χ0) is 18.1. The van der Waals surface area contributed by atoms with Gasteiger partial charge in [0.25, 0.3) is 5.91 Å². The topological polar surface area (TPSA) is 61.3 Å². The van der Waals surface area contributed by atoms with Gasteiger partial charge in [-0.3, -0.25) is 9.69 Å². The van der Waals surface area contributed by atoms with Crippen LogP contribution < -0.4 is 5.32 Å². The molecule has 1 aliphatic carbocycles. The van der Waals surface area contributed by atoms with E-state index < -0.39 is 0 Å². The lowest BCUT2D eigenvalue weighted by Crippen LogP contribution is -2.34. The summed E-state index contributed by atoms with van der Waals surface area (Å²) in [5.74, 6) is 0.807. The van der Waals surface area contributed by atoms with Crippen molar-refractivity contribution in [2.45, 2.75) is 31.7 Å². The number of aryl methyl sites for hydroxylation is 2. The summed E-state index contributed by atoms with van der Waals surface area (Å²) in [5, 5.41) is 4.25. The lowest BCUT2D eigenvalue weighted by molar-refractivity contribution is 0.0939. The molecular weight excluding hydrogens is 326 g/mol. The van der Waals surface area contributed by atoms with Crippen molar-refractivity contribution in [1.82, 2.24) is 15.2 Å². The number of hydrogen-bond donors (Lipinski definition) is 2. The summed E-state index contributed by atoms with van der Waals surface area (Å²) in [6, 6.07) is 9.78. The predicted octanol–water partition coefficient (Wildman–Crippen LogP) is 3.67. The molecule has 0 bridgehead atoms. The van der Waals surface area contributed by atoms with Crippen LogP contribution in [0.1, 0.15) is 46.3 Å². The molecule has 0 saturated heterocycles. The Labute approximate surface area is 153 Å². The normalized spacial score (nSPS) is 15.2. The SMILES string of the molecule is CN(C)[C@H](CNC(=O)c1ccc2[nH]c3c(c2c1)CCCC3)c1ccco1. The molecule has 5 heteroatoms. The van der Waals surface area contributed by atoms with Gasteiger partial charge in [0.1, 0.15) is 5.76 Å². The Morgan fingerprint density at radius 2 is 2.12 bits per heavy atom. The van der Waals surface area contributed by atoms with E-state index in [1.807, 2.05) is 49.3 Å². The van der Waals surface area contributed by atoms with Crippen LogP contribution in [0.25, 0.3) is 10.9 Å². The maximum Gasteiger partial charge on any atom is 0.251 e. The van der Waals surface area contributed by atoms with Crippen LogP contribution >= 0.6 is 0 Å². The van der Waals surface area contributed by atoms with Crippen molar-refractivity contribution < 1.29 is 9.21 Å². The summed E-state index contributed by atoms with van der Waals surface area (Å²) in [4.78, 5) is 18.3. The van der Waals surface area contributed by atoms with Crippen LogP contribution in [0.2, 0.25) is 0 Å². The van der Waals surface area contributed by atoms with Gasteiger partial charge in [-0.15, -0.1) is 0 Å². The van der Waals surface area contributed by atoms with Crippen molar-refractivity contribution in [3.63, 3.8) is 0 Å². The van der Waals surface area contributed by atoms with Gasteiger partial charge in [-0.2, -0.15) is 0 Å². The van der Waals surface area contributed by atoms with Crippen molar-refractivity contribution >= 4 is 16.8 Å². The average molecular weight is 351 g/mol. The van der Waals surface area contributed by atoms with Crippen LogP contribution in [-0.2, 0) is 12.8 Å². The Morgan fingerprint density at radius 3 is 2.88 bits per heavy atom. The number of nitrogens with zero attached hydrogens (tertiary/aromatic N) is 1.